The zero-order valence-corrected chi connectivity index (χ0v) is 14.6. The molecule has 134 valence electrons. The number of fused-ring (bicyclic) bond motifs is 3. The Hall–Kier alpha value is -2.65. The summed E-state index contributed by atoms with van der Waals surface area (Å²) >= 11 is 0. The number of carbonyl (C=O) groups is 1. The minimum Gasteiger partial charge on any atom is -0.449 e. The number of nitrogens with zero attached hydrogens (tertiary/aromatic N) is 3. The molecule has 4 rings (SSSR count). The summed E-state index contributed by atoms with van der Waals surface area (Å²) in [6.45, 7) is 3.95. The molecule has 1 amide bonds. The van der Waals surface area contributed by atoms with Crippen LogP contribution < -0.4 is 16.8 Å². The molecular formula is C17H20BN5O3. The van der Waals surface area contributed by atoms with Crippen LogP contribution in [-0.2, 0) is 11.3 Å². The topological polar surface area (TPSA) is 108 Å². The minimum absolute atomic E-state index is 0.258. The van der Waals surface area contributed by atoms with Crippen LogP contribution in [0.15, 0.2) is 27.4 Å². The van der Waals surface area contributed by atoms with Crippen LogP contribution in [0, 0.1) is 0 Å². The molecule has 8 nitrogen and oxygen atoms in total. The molecule has 3 heterocycles. The lowest BCUT2D eigenvalue weighted by atomic mass is 9.95. The molecule has 2 aromatic heterocycles. The van der Waals surface area contributed by atoms with Gasteiger partial charge < -0.3 is 15.1 Å². The third-order valence-corrected chi connectivity index (χ3v) is 4.75. The van der Waals surface area contributed by atoms with Gasteiger partial charge in [0, 0.05) is 31.6 Å². The summed E-state index contributed by atoms with van der Waals surface area (Å²) < 4.78 is 5.66. The van der Waals surface area contributed by atoms with Crippen LogP contribution in [0.1, 0.15) is 5.82 Å². The number of aromatic nitrogens is 2. The molecule has 3 N–H and O–H groups in total. The molecule has 0 radical (unpaired) electrons. The molecule has 1 aliphatic rings. The summed E-state index contributed by atoms with van der Waals surface area (Å²) in [5, 5.41) is 0.860. The zero-order valence-electron chi connectivity index (χ0n) is 14.6. The van der Waals surface area contributed by atoms with E-state index < -0.39 is 0 Å². The average Bonchev–Trinajstić information content (AvgIpc) is 2.95. The predicted octanol–water partition coefficient (Wildman–Crippen LogP) is -1.47. The van der Waals surface area contributed by atoms with Crippen molar-refractivity contribution in [2.45, 2.75) is 6.54 Å². The molecule has 1 aliphatic heterocycles. The SMILES string of the molecule is Bc1ccc2oc3c(=O)[nH]c(CN4CCN(CC(N)=O)CC4)nc3c2c1. The van der Waals surface area contributed by atoms with Crippen LogP contribution in [0.2, 0.25) is 0 Å². The van der Waals surface area contributed by atoms with E-state index >= 15 is 0 Å². The zero-order chi connectivity index (χ0) is 18.3. The van der Waals surface area contributed by atoms with E-state index in [1.807, 2.05) is 30.9 Å². The maximum atomic E-state index is 12.4. The highest BCUT2D eigenvalue weighted by molar-refractivity contribution is 6.33. The lowest BCUT2D eigenvalue weighted by Gasteiger charge is -2.33. The van der Waals surface area contributed by atoms with E-state index in [0.717, 1.165) is 37.0 Å². The fourth-order valence-electron chi connectivity index (χ4n) is 3.43. The van der Waals surface area contributed by atoms with Gasteiger partial charge in [-0.15, -0.1) is 0 Å². The third-order valence-electron chi connectivity index (χ3n) is 4.75. The normalized spacial score (nSPS) is 16.5. The number of aromatic amines is 1. The first-order chi connectivity index (χ1) is 12.5. The number of nitrogens with two attached hydrogens (primary N) is 1. The van der Waals surface area contributed by atoms with Gasteiger partial charge in [-0.3, -0.25) is 19.4 Å². The molecule has 0 bridgehead atoms. The van der Waals surface area contributed by atoms with Gasteiger partial charge in [0.2, 0.25) is 11.5 Å². The molecule has 26 heavy (non-hydrogen) atoms. The minimum atomic E-state index is -0.308. The number of amides is 1. The largest absolute Gasteiger partial charge is 0.449 e. The van der Waals surface area contributed by atoms with Gasteiger partial charge in [0.1, 0.15) is 24.8 Å². The van der Waals surface area contributed by atoms with E-state index in [-0.39, 0.29) is 23.6 Å². The Labute approximate surface area is 150 Å². The molecule has 0 aliphatic carbocycles. The molecule has 1 aromatic carbocycles. The standard InChI is InChI=1S/C17H20BN5O3/c18-10-1-2-12-11(7-10)15-16(26-12)17(25)21-14(20-15)9-23-5-3-22(4-6-23)8-13(19)24/h1-2,7H,3-6,8-9,18H2,(H2,19,24)(H,20,21,25). The highest BCUT2D eigenvalue weighted by atomic mass is 16.3. The van der Waals surface area contributed by atoms with E-state index in [9.17, 15) is 9.59 Å². The van der Waals surface area contributed by atoms with Gasteiger partial charge in [-0.2, -0.15) is 0 Å². The van der Waals surface area contributed by atoms with Gasteiger partial charge in [0.15, 0.2) is 0 Å². The number of hydrogen-bond acceptors (Lipinski definition) is 6. The first-order valence-electron chi connectivity index (χ1n) is 8.64. The summed E-state index contributed by atoms with van der Waals surface area (Å²) in [6, 6.07) is 5.80. The van der Waals surface area contributed by atoms with Gasteiger partial charge in [-0.1, -0.05) is 17.6 Å². The molecular weight excluding hydrogens is 333 g/mol. The highest BCUT2D eigenvalue weighted by Crippen LogP contribution is 2.23. The van der Waals surface area contributed by atoms with Crippen molar-refractivity contribution in [3.8, 4) is 0 Å². The van der Waals surface area contributed by atoms with E-state index in [4.69, 9.17) is 10.2 Å². The van der Waals surface area contributed by atoms with Crippen molar-refractivity contribution < 1.29 is 9.21 Å². The van der Waals surface area contributed by atoms with Crippen LogP contribution in [0.4, 0.5) is 0 Å². The molecule has 0 spiro atoms. The van der Waals surface area contributed by atoms with Crippen LogP contribution in [0.25, 0.3) is 22.1 Å². The molecule has 1 fully saturated rings. The number of carbonyl (C=O) groups excluding carboxylic acids is 1. The fourth-order valence-corrected chi connectivity index (χ4v) is 3.43. The van der Waals surface area contributed by atoms with Crippen molar-refractivity contribution in [3.63, 3.8) is 0 Å². The number of rotatable bonds is 4. The van der Waals surface area contributed by atoms with Crippen molar-refractivity contribution in [3.05, 3.63) is 34.4 Å². The van der Waals surface area contributed by atoms with E-state index in [1.54, 1.807) is 0 Å². The van der Waals surface area contributed by atoms with Gasteiger partial charge in [-0.05, 0) is 6.07 Å². The van der Waals surface area contributed by atoms with E-state index in [1.165, 1.54) is 0 Å². The van der Waals surface area contributed by atoms with Crippen molar-refractivity contribution in [2.24, 2.45) is 5.73 Å². The predicted molar refractivity (Wildman–Crippen MR) is 101 cm³/mol. The quantitative estimate of drug-likeness (QED) is 0.555. The van der Waals surface area contributed by atoms with Crippen LogP contribution in [0.5, 0.6) is 0 Å². The number of hydrogen-bond donors (Lipinski definition) is 2. The molecule has 9 heteroatoms. The Balaban J connectivity index is 1.58. The van der Waals surface area contributed by atoms with Gasteiger partial charge in [0.25, 0.3) is 5.56 Å². The smallest absolute Gasteiger partial charge is 0.294 e. The van der Waals surface area contributed by atoms with Crippen molar-refractivity contribution >= 4 is 41.3 Å². The second kappa shape index (κ2) is 6.58. The number of benzene rings is 1. The Bertz CT molecular complexity index is 1040. The summed E-state index contributed by atoms with van der Waals surface area (Å²) in [7, 11) is 2.00. The Kier molecular flexibility index (Phi) is 4.25. The Morgan fingerprint density at radius 1 is 1.27 bits per heavy atom. The second-order valence-electron chi connectivity index (χ2n) is 6.81. The maximum Gasteiger partial charge on any atom is 0.294 e. The molecule has 3 aromatic rings. The monoisotopic (exact) mass is 353 g/mol. The van der Waals surface area contributed by atoms with Crippen molar-refractivity contribution in [2.75, 3.05) is 32.7 Å². The average molecular weight is 353 g/mol. The first-order valence-corrected chi connectivity index (χ1v) is 8.64. The summed E-state index contributed by atoms with van der Waals surface area (Å²) in [5.41, 5.74) is 7.62. The number of furan rings is 1. The van der Waals surface area contributed by atoms with Crippen LogP contribution in [0.3, 0.4) is 0 Å². The van der Waals surface area contributed by atoms with Gasteiger partial charge in [0.05, 0.1) is 13.1 Å². The highest BCUT2D eigenvalue weighted by Gasteiger charge is 2.20. The van der Waals surface area contributed by atoms with Crippen LogP contribution >= 0.6 is 0 Å². The second-order valence-corrected chi connectivity index (χ2v) is 6.81. The number of H-pyrrole nitrogens is 1. The number of nitrogens with one attached hydrogen (secondary N) is 1. The molecule has 0 unspecified atom stereocenters. The summed E-state index contributed by atoms with van der Waals surface area (Å²) in [5.74, 6) is 0.312. The molecule has 1 saturated heterocycles. The van der Waals surface area contributed by atoms with Crippen molar-refractivity contribution in [1.82, 2.24) is 19.8 Å². The summed E-state index contributed by atoms with van der Waals surface area (Å²) in [6.07, 6.45) is 0. The third kappa shape index (κ3) is 3.23. The lowest BCUT2D eigenvalue weighted by molar-refractivity contribution is -0.119. The first kappa shape index (κ1) is 16.8. The van der Waals surface area contributed by atoms with E-state index in [0.29, 0.717) is 23.5 Å². The maximum absolute atomic E-state index is 12.4. The summed E-state index contributed by atoms with van der Waals surface area (Å²) in [4.78, 5) is 35.1. The number of primary amides is 1. The molecule has 0 atom stereocenters. The van der Waals surface area contributed by atoms with Crippen LogP contribution in [-0.4, -0.2) is 66.2 Å². The van der Waals surface area contributed by atoms with Gasteiger partial charge in [-0.25, -0.2) is 4.98 Å². The van der Waals surface area contributed by atoms with Gasteiger partial charge >= 0.3 is 0 Å². The van der Waals surface area contributed by atoms with E-state index in [2.05, 4.69) is 14.9 Å². The molecule has 0 saturated carbocycles. The van der Waals surface area contributed by atoms with Crippen molar-refractivity contribution in [1.29, 1.82) is 0 Å². The number of piperazine rings is 1. The Morgan fingerprint density at radius 2 is 2.00 bits per heavy atom. The fraction of sp³-hybridized carbons (Fsp3) is 0.353. The Morgan fingerprint density at radius 3 is 2.73 bits per heavy atom. The lowest BCUT2D eigenvalue weighted by Crippen LogP contribution is -2.48.